The molecule has 1 saturated heterocycles. The topological polar surface area (TPSA) is 79.5 Å². The van der Waals surface area contributed by atoms with E-state index in [0.717, 1.165) is 38.2 Å². The van der Waals surface area contributed by atoms with Crippen LogP contribution in [-0.2, 0) is 9.59 Å². The summed E-state index contributed by atoms with van der Waals surface area (Å²) < 4.78 is 22.0. The lowest BCUT2D eigenvalue weighted by Gasteiger charge is -2.48. The van der Waals surface area contributed by atoms with Crippen LogP contribution in [0.15, 0.2) is 18.2 Å². The fourth-order valence-corrected chi connectivity index (χ4v) is 5.70. The van der Waals surface area contributed by atoms with Crippen LogP contribution in [0.2, 0.25) is 5.02 Å². The first-order valence-corrected chi connectivity index (χ1v) is 10.7. The van der Waals surface area contributed by atoms with Crippen molar-refractivity contribution in [1.29, 1.82) is 0 Å². The Morgan fingerprint density at radius 2 is 2.04 bits per heavy atom. The number of hydrogen-bond acceptors (Lipinski definition) is 5. The molecule has 0 aromatic heterocycles. The molecular formula is C19H23ClFN3O3S. The molecule has 2 atom stereocenters. The highest BCUT2D eigenvalue weighted by Crippen LogP contribution is 2.55. The largest absolute Gasteiger partial charge is 0.484 e. The number of fused-ring (bicyclic) bond motifs is 1. The van der Waals surface area contributed by atoms with Crippen molar-refractivity contribution in [3.8, 4) is 5.75 Å². The van der Waals surface area contributed by atoms with E-state index in [-0.39, 0.29) is 45.5 Å². The predicted molar refractivity (Wildman–Crippen MR) is 106 cm³/mol. The van der Waals surface area contributed by atoms with Gasteiger partial charge in [-0.05, 0) is 51.2 Å². The van der Waals surface area contributed by atoms with Crippen molar-refractivity contribution in [2.24, 2.45) is 0 Å². The summed E-state index contributed by atoms with van der Waals surface area (Å²) in [5, 5.41) is 6.21. The Balaban J connectivity index is 1.25. The predicted octanol–water partition coefficient (Wildman–Crippen LogP) is 2.55. The van der Waals surface area contributed by atoms with Crippen molar-refractivity contribution in [2.45, 2.75) is 61.4 Å². The number of rotatable bonds is 6. The molecule has 1 aliphatic heterocycles. The minimum atomic E-state index is -0.585. The van der Waals surface area contributed by atoms with Gasteiger partial charge in [0.15, 0.2) is 6.61 Å². The van der Waals surface area contributed by atoms with E-state index in [1.807, 2.05) is 0 Å². The molecule has 5 rings (SSSR count). The third kappa shape index (κ3) is 3.95. The number of halogens is 2. The fraction of sp³-hybridized carbons (Fsp3) is 0.579. The maximum atomic E-state index is 13.4. The molecule has 2 bridgehead atoms. The average Bonchev–Trinajstić information content (AvgIpc) is 3.29. The molecule has 4 fully saturated rings. The summed E-state index contributed by atoms with van der Waals surface area (Å²) in [4.78, 5) is 24.8. The standard InChI is InChI=1S/C19H23ClFN3O3S/c1-11-6-15(28-24-11)17(26)23-19-5-4-18(9-19,10-19)22-16(25)8-27-12-2-3-13(20)14(21)7-12/h2-3,7,11,15,24H,4-6,8-10H2,1H3,(H,22,25)(H,23,26). The highest BCUT2D eigenvalue weighted by molar-refractivity contribution is 7.99. The highest BCUT2D eigenvalue weighted by Gasteiger charge is 2.62. The van der Waals surface area contributed by atoms with Gasteiger partial charge in [-0.1, -0.05) is 23.5 Å². The van der Waals surface area contributed by atoms with Crippen LogP contribution in [0.4, 0.5) is 4.39 Å². The lowest BCUT2D eigenvalue weighted by atomic mass is 9.71. The summed E-state index contributed by atoms with van der Waals surface area (Å²) in [6, 6.07) is 4.41. The Hall–Kier alpha value is -1.51. The van der Waals surface area contributed by atoms with Crippen molar-refractivity contribution in [3.05, 3.63) is 29.0 Å². The van der Waals surface area contributed by atoms with Gasteiger partial charge in [-0.3, -0.25) is 14.3 Å². The van der Waals surface area contributed by atoms with E-state index in [4.69, 9.17) is 16.3 Å². The van der Waals surface area contributed by atoms with E-state index in [1.54, 1.807) is 0 Å². The Morgan fingerprint density at radius 3 is 2.68 bits per heavy atom. The van der Waals surface area contributed by atoms with Crippen LogP contribution >= 0.6 is 23.5 Å². The molecule has 152 valence electrons. The zero-order chi connectivity index (χ0) is 19.9. The Morgan fingerprint density at radius 1 is 1.32 bits per heavy atom. The summed E-state index contributed by atoms with van der Waals surface area (Å²) in [6.07, 6.45) is 4.02. The van der Waals surface area contributed by atoms with Crippen molar-refractivity contribution in [1.82, 2.24) is 15.4 Å². The van der Waals surface area contributed by atoms with E-state index in [9.17, 15) is 14.0 Å². The highest BCUT2D eigenvalue weighted by atomic mass is 35.5. The summed E-state index contributed by atoms with van der Waals surface area (Å²) in [7, 11) is 0. The van der Waals surface area contributed by atoms with Crippen LogP contribution in [0, 0.1) is 5.82 Å². The van der Waals surface area contributed by atoms with Gasteiger partial charge in [0, 0.05) is 23.2 Å². The third-order valence-corrected chi connectivity index (χ3v) is 7.30. The van der Waals surface area contributed by atoms with E-state index < -0.39 is 5.82 Å². The molecule has 9 heteroatoms. The number of amides is 2. The number of ether oxygens (including phenoxy) is 1. The molecule has 3 N–H and O–H groups in total. The molecule has 0 radical (unpaired) electrons. The molecule has 1 aromatic rings. The quantitative estimate of drug-likeness (QED) is 0.608. The van der Waals surface area contributed by atoms with Gasteiger partial charge >= 0.3 is 0 Å². The third-order valence-electron chi connectivity index (χ3n) is 5.76. The second kappa shape index (κ2) is 7.39. The van der Waals surface area contributed by atoms with Gasteiger partial charge in [-0.15, -0.1) is 0 Å². The number of benzene rings is 1. The molecule has 1 heterocycles. The second-order valence-electron chi connectivity index (χ2n) is 8.18. The van der Waals surface area contributed by atoms with Crippen LogP contribution in [-0.4, -0.2) is 40.8 Å². The van der Waals surface area contributed by atoms with Crippen molar-refractivity contribution >= 4 is 35.4 Å². The molecule has 2 unspecified atom stereocenters. The fourth-order valence-electron chi connectivity index (χ4n) is 4.54. The molecule has 28 heavy (non-hydrogen) atoms. The molecule has 6 nitrogen and oxygen atoms in total. The lowest BCUT2D eigenvalue weighted by Crippen LogP contribution is -2.65. The van der Waals surface area contributed by atoms with Gasteiger partial charge in [0.25, 0.3) is 5.91 Å². The van der Waals surface area contributed by atoms with E-state index in [1.165, 1.54) is 24.1 Å². The zero-order valence-corrected chi connectivity index (χ0v) is 17.1. The van der Waals surface area contributed by atoms with Crippen molar-refractivity contribution in [2.75, 3.05) is 6.61 Å². The van der Waals surface area contributed by atoms with Gasteiger partial charge in [0.2, 0.25) is 5.91 Å². The van der Waals surface area contributed by atoms with Gasteiger partial charge < -0.3 is 15.4 Å². The van der Waals surface area contributed by atoms with Crippen LogP contribution in [0.5, 0.6) is 5.75 Å². The maximum Gasteiger partial charge on any atom is 0.258 e. The van der Waals surface area contributed by atoms with Crippen molar-refractivity contribution in [3.63, 3.8) is 0 Å². The molecular weight excluding hydrogens is 405 g/mol. The average molecular weight is 428 g/mol. The molecule has 4 aliphatic rings. The van der Waals surface area contributed by atoms with Gasteiger partial charge in [0.05, 0.1) is 10.3 Å². The molecule has 1 aromatic carbocycles. The number of nitrogens with one attached hydrogen (secondary N) is 3. The monoisotopic (exact) mass is 427 g/mol. The normalized spacial score (nSPS) is 33.2. The van der Waals surface area contributed by atoms with Crippen LogP contribution in [0.1, 0.15) is 39.0 Å². The molecule has 2 amide bonds. The minimum Gasteiger partial charge on any atom is -0.484 e. The first-order valence-electron chi connectivity index (χ1n) is 9.40. The summed E-state index contributed by atoms with van der Waals surface area (Å²) >= 11 is 7.12. The Kier molecular flexibility index (Phi) is 5.22. The summed E-state index contributed by atoms with van der Waals surface area (Å²) in [6.45, 7) is 1.88. The Bertz CT molecular complexity index is 803. The van der Waals surface area contributed by atoms with Crippen LogP contribution in [0.25, 0.3) is 0 Å². The first-order chi connectivity index (χ1) is 13.3. The Labute approximate surface area is 172 Å². The number of carbonyl (C=O) groups is 2. The summed E-state index contributed by atoms with van der Waals surface area (Å²) in [5.74, 6) is -0.495. The molecule has 3 aliphatic carbocycles. The van der Waals surface area contributed by atoms with E-state index in [0.29, 0.717) is 6.04 Å². The smallest absolute Gasteiger partial charge is 0.258 e. The van der Waals surface area contributed by atoms with E-state index >= 15 is 0 Å². The van der Waals surface area contributed by atoms with Crippen molar-refractivity contribution < 1.29 is 18.7 Å². The minimum absolute atomic E-state index is 0.00995. The van der Waals surface area contributed by atoms with Gasteiger partial charge in [-0.2, -0.15) is 0 Å². The van der Waals surface area contributed by atoms with E-state index in [2.05, 4.69) is 22.3 Å². The lowest BCUT2D eigenvalue weighted by molar-refractivity contribution is -0.127. The van der Waals surface area contributed by atoms with Crippen LogP contribution < -0.4 is 20.1 Å². The number of hydrogen-bond donors (Lipinski definition) is 3. The molecule has 0 spiro atoms. The van der Waals surface area contributed by atoms with Crippen LogP contribution in [0.3, 0.4) is 0 Å². The summed E-state index contributed by atoms with van der Waals surface area (Å²) in [5.41, 5.74) is -0.468. The van der Waals surface area contributed by atoms with Gasteiger partial charge in [0.1, 0.15) is 11.6 Å². The first kappa shape index (κ1) is 19.8. The van der Waals surface area contributed by atoms with Gasteiger partial charge in [-0.25, -0.2) is 4.39 Å². The molecule has 3 saturated carbocycles. The number of carbonyl (C=O) groups excluding carboxylic acids is 2. The SMILES string of the molecule is CC1CC(C(=O)NC23CCC(NC(=O)COc4ccc(Cl)c(F)c4)(C2)C3)SN1. The second-order valence-corrected chi connectivity index (χ2v) is 9.62. The zero-order valence-electron chi connectivity index (χ0n) is 15.5. The maximum absolute atomic E-state index is 13.4.